The van der Waals surface area contributed by atoms with E-state index in [4.69, 9.17) is 4.74 Å². The molecule has 0 spiro atoms. The zero-order chi connectivity index (χ0) is 5.40. The molecule has 0 aromatic carbocycles. The maximum atomic E-state index is 5.53. The van der Waals surface area contributed by atoms with Gasteiger partial charge in [-0.1, -0.05) is 0 Å². The molecule has 0 saturated carbocycles. The van der Waals surface area contributed by atoms with Crippen molar-refractivity contribution in [2.45, 2.75) is 25.0 Å². The maximum Gasteiger partial charge on any atom is 0.0704 e. The summed E-state index contributed by atoms with van der Waals surface area (Å²) in [6.07, 6.45) is 3.65. The predicted molar refractivity (Wildman–Crippen MR) is 38.0 cm³/mol. The number of halogens is 1. The van der Waals surface area contributed by atoms with Crippen LogP contribution in [0.25, 0.3) is 0 Å². The first-order chi connectivity index (χ1) is 3.95. The zero-order valence-electron chi connectivity index (χ0n) is 5.30. The predicted octanol–water partition coefficient (Wildman–Crippen LogP) is 0.559. The molecule has 1 N–H and O–H groups in total. The van der Waals surface area contributed by atoms with E-state index < -0.39 is 0 Å². The lowest BCUT2D eigenvalue weighted by Gasteiger charge is -2.20. The summed E-state index contributed by atoms with van der Waals surface area (Å²) in [5.41, 5.74) is 0. The molecule has 3 heteroatoms. The topological polar surface area (TPSA) is 21.3 Å². The minimum absolute atomic E-state index is 0. The molecule has 54 valence electrons. The molecular weight excluding hydrogens is 138 g/mol. The highest BCUT2D eigenvalue weighted by Crippen LogP contribution is 2.21. The van der Waals surface area contributed by atoms with Gasteiger partial charge in [0.25, 0.3) is 0 Å². The Morgan fingerprint density at radius 1 is 1.11 bits per heavy atom. The molecule has 2 rings (SSSR count). The van der Waals surface area contributed by atoms with Crippen LogP contribution in [-0.2, 0) is 4.74 Å². The normalized spacial score (nSPS) is 40.0. The molecule has 0 radical (unpaired) electrons. The number of nitrogens with one attached hydrogen (secondary N) is 1. The molecule has 0 aromatic heterocycles. The Balaban J connectivity index is 0.000000405. The quantitative estimate of drug-likeness (QED) is 0.544. The molecule has 9 heavy (non-hydrogen) atoms. The van der Waals surface area contributed by atoms with Crippen molar-refractivity contribution in [3.05, 3.63) is 0 Å². The fourth-order valence-electron chi connectivity index (χ4n) is 1.49. The lowest BCUT2D eigenvalue weighted by molar-refractivity contribution is 0.0184. The van der Waals surface area contributed by atoms with Crippen molar-refractivity contribution in [3.8, 4) is 0 Å². The molecule has 2 heterocycles. The van der Waals surface area contributed by atoms with Gasteiger partial charge in [0, 0.05) is 13.1 Å². The van der Waals surface area contributed by atoms with E-state index in [0.29, 0.717) is 12.2 Å². The van der Waals surface area contributed by atoms with Crippen molar-refractivity contribution in [3.63, 3.8) is 0 Å². The van der Waals surface area contributed by atoms with Gasteiger partial charge in [-0.2, -0.15) is 0 Å². The van der Waals surface area contributed by atoms with E-state index in [2.05, 4.69) is 5.32 Å². The lowest BCUT2D eigenvalue weighted by atomic mass is 10.2. The van der Waals surface area contributed by atoms with E-state index in [9.17, 15) is 0 Å². The van der Waals surface area contributed by atoms with Crippen LogP contribution in [-0.4, -0.2) is 25.3 Å². The number of fused-ring (bicyclic) bond motifs is 2. The Kier molecular flexibility index (Phi) is 2.33. The first kappa shape index (κ1) is 7.32. The van der Waals surface area contributed by atoms with E-state index in [0.717, 1.165) is 13.1 Å². The minimum atomic E-state index is 0. The van der Waals surface area contributed by atoms with Crippen molar-refractivity contribution < 1.29 is 4.74 Å². The third-order valence-electron chi connectivity index (χ3n) is 1.94. The number of morpholine rings is 1. The molecule has 2 saturated heterocycles. The zero-order valence-corrected chi connectivity index (χ0v) is 6.12. The molecule has 0 amide bonds. The largest absolute Gasteiger partial charge is 0.372 e. The van der Waals surface area contributed by atoms with Crippen LogP contribution in [0.3, 0.4) is 0 Å². The molecule has 2 atom stereocenters. The Bertz CT molecular complexity index is 85.1. The van der Waals surface area contributed by atoms with E-state index in [-0.39, 0.29) is 12.4 Å². The van der Waals surface area contributed by atoms with Crippen molar-refractivity contribution >= 4 is 12.4 Å². The second-order valence-corrected chi connectivity index (χ2v) is 2.62. The minimum Gasteiger partial charge on any atom is -0.372 e. The first-order valence-corrected chi connectivity index (χ1v) is 3.31. The Labute approximate surface area is 61.4 Å². The van der Waals surface area contributed by atoms with Gasteiger partial charge in [0.15, 0.2) is 0 Å². The first-order valence-electron chi connectivity index (χ1n) is 3.31. The van der Waals surface area contributed by atoms with Crippen LogP contribution in [0.15, 0.2) is 0 Å². The highest BCUT2D eigenvalue weighted by atomic mass is 35.5. The summed E-state index contributed by atoms with van der Waals surface area (Å²) in [5, 5.41) is 3.32. The van der Waals surface area contributed by atoms with Crippen molar-refractivity contribution in [1.29, 1.82) is 0 Å². The van der Waals surface area contributed by atoms with Crippen molar-refractivity contribution in [2.24, 2.45) is 0 Å². The third-order valence-corrected chi connectivity index (χ3v) is 1.94. The average molecular weight is 150 g/mol. The summed E-state index contributed by atoms with van der Waals surface area (Å²) in [4.78, 5) is 0. The SMILES string of the molecule is C1C[C@H]2CNC[C@@H]1O2.Cl. The number of hydrogen-bond acceptors (Lipinski definition) is 2. The number of rotatable bonds is 0. The standard InChI is InChI=1S/C6H11NO.ClH/c1-2-6-4-7-3-5(1)8-6;/h5-7H,1-4H2;1H/t5-,6+;. The second-order valence-electron chi connectivity index (χ2n) is 2.62. The van der Waals surface area contributed by atoms with Crippen molar-refractivity contribution in [2.75, 3.05) is 13.1 Å². The van der Waals surface area contributed by atoms with Gasteiger partial charge in [-0.15, -0.1) is 12.4 Å². The van der Waals surface area contributed by atoms with Gasteiger partial charge >= 0.3 is 0 Å². The van der Waals surface area contributed by atoms with Gasteiger partial charge in [0.05, 0.1) is 12.2 Å². The molecule has 0 aromatic rings. The summed E-state index contributed by atoms with van der Waals surface area (Å²) >= 11 is 0. The second kappa shape index (κ2) is 2.86. The van der Waals surface area contributed by atoms with Gasteiger partial charge in [0.1, 0.15) is 0 Å². The maximum absolute atomic E-state index is 5.53. The van der Waals surface area contributed by atoms with Crippen LogP contribution in [0.1, 0.15) is 12.8 Å². The highest BCUT2D eigenvalue weighted by Gasteiger charge is 2.28. The average Bonchev–Trinajstić information content (AvgIpc) is 2.12. The molecule has 2 aliphatic heterocycles. The van der Waals surface area contributed by atoms with Crippen LogP contribution >= 0.6 is 12.4 Å². The van der Waals surface area contributed by atoms with Crippen LogP contribution in [0.4, 0.5) is 0 Å². The Morgan fingerprint density at radius 2 is 1.67 bits per heavy atom. The van der Waals surface area contributed by atoms with E-state index in [1.807, 2.05) is 0 Å². The van der Waals surface area contributed by atoms with Gasteiger partial charge in [0.2, 0.25) is 0 Å². The monoisotopic (exact) mass is 149 g/mol. The van der Waals surface area contributed by atoms with Gasteiger partial charge in [-0.3, -0.25) is 0 Å². The smallest absolute Gasteiger partial charge is 0.0704 e. The summed E-state index contributed by atoms with van der Waals surface area (Å²) in [5.74, 6) is 0. The lowest BCUT2D eigenvalue weighted by Crippen LogP contribution is -2.38. The summed E-state index contributed by atoms with van der Waals surface area (Å²) < 4.78 is 5.53. The van der Waals surface area contributed by atoms with Crippen LogP contribution in [0.2, 0.25) is 0 Å². The Hall–Kier alpha value is 0.210. The molecule has 2 aliphatic rings. The summed E-state index contributed by atoms with van der Waals surface area (Å²) in [6, 6.07) is 0. The van der Waals surface area contributed by atoms with Crippen LogP contribution in [0, 0.1) is 0 Å². The third kappa shape index (κ3) is 1.37. The molecule has 2 bridgehead atoms. The fourth-order valence-corrected chi connectivity index (χ4v) is 1.49. The van der Waals surface area contributed by atoms with E-state index >= 15 is 0 Å². The van der Waals surface area contributed by atoms with E-state index in [1.165, 1.54) is 12.8 Å². The molecule has 2 fully saturated rings. The fraction of sp³-hybridized carbons (Fsp3) is 1.00. The molecule has 0 unspecified atom stereocenters. The summed E-state index contributed by atoms with van der Waals surface area (Å²) in [6.45, 7) is 2.16. The highest BCUT2D eigenvalue weighted by molar-refractivity contribution is 5.85. The van der Waals surface area contributed by atoms with Crippen LogP contribution in [0.5, 0.6) is 0 Å². The number of hydrogen-bond donors (Lipinski definition) is 1. The summed E-state index contributed by atoms with van der Waals surface area (Å²) in [7, 11) is 0. The van der Waals surface area contributed by atoms with Crippen LogP contribution < -0.4 is 5.32 Å². The van der Waals surface area contributed by atoms with Crippen molar-refractivity contribution in [1.82, 2.24) is 5.32 Å². The van der Waals surface area contributed by atoms with E-state index in [1.54, 1.807) is 0 Å². The molecule has 0 aliphatic carbocycles. The van der Waals surface area contributed by atoms with Gasteiger partial charge < -0.3 is 10.1 Å². The van der Waals surface area contributed by atoms with Gasteiger partial charge in [-0.05, 0) is 12.8 Å². The molecule has 2 nitrogen and oxygen atoms in total. The molecular formula is C6H12ClNO. The van der Waals surface area contributed by atoms with Gasteiger partial charge in [-0.25, -0.2) is 0 Å². The Morgan fingerprint density at radius 3 is 2.11 bits per heavy atom. The number of ether oxygens (including phenoxy) is 1.